The van der Waals surface area contributed by atoms with Gasteiger partial charge in [-0.05, 0) is 22.4 Å². The van der Waals surface area contributed by atoms with E-state index in [0.29, 0.717) is 0 Å². The van der Waals surface area contributed by atoms with Gasteiger partial charge in [0.25, 0.3) is 0 Å². The summed E-state index contributed by atoms with van der Waals surface area (Å²) in [6.07, 6.45) is 0. The highest BCUT2D eigenvalue weighted by molar-refractivity contribution is 8.63. The topological polar surface area (TPSA) is 26.3 Å². The van der Waals surface area contributed by atoms with Crippen molar-refractivity contribution >= 4 is 38.6 Å². The van der Waals surface area contributed by atoms with E-state index in [9.17, 15) is 4.21 Å². The molecule has 0 unspecified atom stereocenters. The van der Waals surface area contributed by atoms with Gasteiger partial charge >= 0.3 is 0 Å². The second-order valence-electron chi connectivity index (χ2n) is 0.575. The molecule has 0 aliphatic carbocycles. The molecule has 0 fully saturated rings. The van der Waals surface area contributed by atoms with E-state index >= 15 is 0 Å². The molecule has 0 atom stereocenters. The van der Waals surface area contributed by atoms with Crippen LogP contribution >= 0.6 is 0 Å². The van der Waals surface area contributed by atoms with Crippen LogP contribution in [0.15, 0.2) is 0 Å². The van der Waals surface area contributed by atoms with Gasteiger partial charge in [0.05, 0.1) is 0 Å². The zero-order valence-corrected chi connectivity index (χ0v) is 6.72. The maximum Gasteiger partial charge on any atom is 0.0141 e. The first-order valence-corrected chi connectivity index (χ1v) is 5.91. The van der Waals surface area contributed by atoms with E-state index in [1.54, 1.807) is 0 Å². The largest absolute Gasteiger partial charge is 0.446 e. The molecule has 2 nitrogen and oxygen atoms in total. The second kappa shape index (κ2) is 3.73. The van der Waals surface area contributed by atoms with Crippen molar-refractivity contribution in [2.75, 3.05) is 7.11 Å². The Balaban J connectivity index is 4.72. The van der Waals surface area contributed by atoms with E-state index in [1.807, 2.05) is 0 Å². The number of rotatable bonds is 1. The molecule has 0 radical (unpaired) electrons. The first-order chi connectivity index (χ1) is 3.18. The predicted molar refractivity (Wildman–Crippen MR) is 37.2 cm³/mol. The number of hydrogen-bond donors (Lipinski definition) is 0. The van der Waals surface area contributed by atoms with Gasteiger partial charge in [-0.25, -0.2) is 0 Å². The van der Waals surface area contributed by atoms with Crippen molar-refractivity contribution in [3.05, 3.63) is 0 Å². The van der Waals surface area contributed by atoms with Gasteiger partial charge in [-0.2, -0.15) is 0 Å². The molecule has 0 aromatic rings. The average molecular weight is 175 g/mol. The standard InChI is InChI=1S/CH3O2S4/c1-3-6(2)7(4)5/h1H3/q-1. The summed E-state index contributed by atoms with van der Waals surface area (Å²) in [5.41, 5.74) is 0. The minimum absolute atomic E-state index is 0.944. The molecule has 0 spiro atoms. The quantitative estimate of drug-likeness (QED) is 0.523. The summed E-state index contributed by atoms with van der Waals surface area (Å²) in [5.74, 6) is 0. The summed E-state index contributed by atoms with van der Waals surface area (Å²) in [6, 6.07) is 0. The van der Waals surface area contributed by atoms with Crippen molar-refractivity contribution in [3.8, 4) is 0 Å². The Bertz CT molecular complexity index is 196. The highest BCUT2D eigenvalue weighted by Crippen LogP contribution is 1.64. The van der Waals surface area contributed by atoms with Gasteiger partial charge in [0.2, 0.25) is 0 Å². The van der Waals surface area contributed by atoms with Gasteiger partial charge in [0.1, 0.15) is 0 Å². The smallest absolute Gasteiger partial charge is 0.0141 e. The lowest BCUT2D eigenvalue weighted by atomic mass is 11.8. The summed E-state index contributed by atoms with van der Waals surface area (Å²) >= 11 is 8.84. The molecular weight excluding hydrogens is 172 g/mol. The van der Waals surface area contributed by atoms with Crippen LogP contribution in [-0.4, -0.2) is 7.11 Å². The lowest BCUT2D eigenvalue weighted by Crippen LogP contribution is -1.73. The normalized spacial score (nSPS) is 9.43. The highest BCUT2D eigenvalue weighted by Gasteiger charge is 1.49. The van der Waals surface area contributed by atoms with Crippen LogP contribution < -0.4 is 0 Å². The minimum Gasteiger partial charge on any atom is -0.446 e. The molecule has 0 amide bonds. The molecule has 44 valence electrons. The summed E-state index contributed by atoms with van der Waals surface area (Å²) in [7, 11) is -0.107. The Morgan fingerprint density at radius 1 is 1.71 bits per heavy atom. The van der Waals surface area contributed by atoms with Crippen LogP contribution in [0.4, 0.5) is 0 Å². The van der Waals surface area contributed by atoms with Crippen molar-refractivity contribution in [1.82, 2.24) is 0 Å². The van der Waals surface area contributed by atoms with E-state index in [-0.39, 0.29) is 0 Å². The monoisotopic (exact) mass is 175 g/mol. The van der Waals surface area contributed by atoms with Gasteiger partial charge in [-0.3, -0.25) is 0 Å². The van der Waals surface area contributed by atoms with Crippen LogP contribution in [0, 0.1) is 0 Å². The van der Waals surface area contributed by atoms with E-state index in [2.05, 4.69) is 26.6 Å². The SMILES string of the molecule is CO[S-](=O)=S(=S)=S. The van der Waals surface area contributed by atoms with Crippen molar-refractivity contribution in [2.24, 2.45) is 0 Å². The summed E-state index contributed by atoms with van der Waals surface area (Å²) in [6.45, 7) is -0.944. The molecule has 0 N–H and O–H groups in total. The van der Waals surface area contributed by atoms with Gasteiger partial charge in [0.15, 0.2) is 0 Å². The van der Waals surface area contributed by atoms with E-state index in [1.165, 1.54) is 7.11 Å². The average Bonchev–Trinajstić information content (AvgIpc) is 1.65. The zero-order valence-electron chi connectivity index (χ0n) is 3.45. The lowest BCUT2D eigenvalue weighted by molar-refractivity contribution is 0.444. The van der Waals surface area contributed by atoms with Gasteiger partial charge in [-0.15, -0.1) is 6.57 Å². The van der Waals surface area contributed by atoms with Crippen LogP contribution in [0.1, 0.15) is 0 Å². The van der Waals surface area contributed by atoms with Crippen molar-refractivity contribution < 1.29 is 8.39 Å². The summed E-state index contributed by atoms with van der Waals surface area (Å²) in [4.78, 5) is 0. The molecule has 0 aromatic heterocycles. The Hall–Kier alpha value is 0.770. The first kappa shape index (κ1) is 7.77. The van der Waals surface area contributed by atoms with E-state index in [4.69, 9.17) is 0 Å². The molecule has 0 heterocycles. The molecule has 0 aromatic carbocycles. The van der Waals surface area contributed by atoms with E-state index in [0.717, 1.165) is 0 Å². The molecule has 0 aliphatic rings. The van der Waals surface area contributed by atoms with Crippen LogP contribution in [-0.2, 0) is 47.0 Å². The maximum atomic E-state index is 10.2. The van der Waals surface area contributed by atoms with Crippen molar-refractivity contribution in [1.29, 1.82) is 0 Å². The third-order valence-electron chi connectivity index (χ3n) is 0.247. The van der Waals surface area contributed by atoms with Crippen LogP contribution in [0.5, 0.6) is 0 Å². The van der Waals surface area contributed by atoms with Crippen LogP contribution in [0.3, 0.4) is 0 Å². The molecule has 0 saturated carbocycles. The Morgan fingerprint density at radius 2 is 2.14 bits per heavy atom. The minimum atomic E-state index is -1.42. The lowest BCUT2D eigenvalue weighted by Gasteiger charge is -1.90. The van der Waals surface area contributed by atoms with Gasteiger partial charge < -0.3 is 8.39 Å². The third kappa shape index (κ3) is 3.36. The Kier molecular flexibility index (Phi) is 4.14. The number of hydrogen-bond acceptors (Lipinski definition) is 5. The van der Waals surface area contributed by atoms with Gasteiger partial charge in [-0.1, -0.05) is 9.64 Å². The molecule has 6 heteroatoms. The van der Waals surface area contributed by atoms with Crippen LogP contribution in [0.2, 0.25) is 0 Å². The highest BCUT2D eigenvalue weighted by atomic mass is 33.3. The second-order valence-corrected chi connectivity index (χ2v) is 7.44. The summed E-state index contributed by atoms with van der Waals surface area (Å²) in [5, 5.41) is 0. The maximum absolute atomic E-state index is 10.2. The molecule has 7 heavy (non-hydrogen) atoms. The fourth-order valence-corrected chi connectivity index (χ4v) is 1.50. The molecule has 0 saturated heterocycles. The summed E-state index contributed by atoms with van der Waals surface area (Å²) < 4.78 is 14.5. The Morgan fingerprint density at radius 3 is 2.14 bits per heavy atom. The fraction of sp³-hybridized carbons (Fsp3) is 1.00. The van der Waals surface area contributed by atoms with Crippen molar-refractivity contribution in [2.45, 2.75) is 0 Å². The van der Waals surface area contributed by atoms with Crippen LogP contribution in [0.25, 0.3) is 0 Å². The molecule has 0 aliphatic heterocycles. The van der Waals surface area contributed by atoms with E-state index < -0.39 is 16.2 Å². The Labute approximate surface area is 54.2 Å². The zero-order chi connectivity index (χ0) is 5.86. The van der Waals surface area contributed by atoms with Gasteiger partial charge in [0, 0.05) is 7.11 Å². The van der Waals surface area contributed by atoms with Crippen molar-refractivity contribution in [3.63, 3.8) is 0 Å². The molecule has 0 bridgehead atoms. The fourth-order valence-electron chi connectivity index (χ4n) is 0.0556. The predicted octanol–water partition coefficient (Wildman–Crippen LogP) is -0.0313. The first-order valence-electron chi connectivity index (χ1n) is 1.24. The third-order valence-corrected chi connectivity index (χ3v) is 3.82. The molecule has 0 rings (SSSR count). The molecular formula is CH3O2S4-.